The molecule has 1 amide bonds. The Hall–Kier alpha value is -2.70. The van der Waals surface area contributed by atoms with Gasteiger partial charge in [0.05, 0.1) is 24.2 Å². The maximum atomic E-state index is 13.0. The fourth-order valence-corrected chi connectivity index (χ4v) is 2.68. The van der Waals surface area contributed by atoms with Gasteiger partial charge < -0.3 is 4.90 Å². The SMILES string of the molecule is O=C(/C=C(\Cl)n1cnc(-c2cc(C(F)(F)F)cc(C(F)(F)F)c2)n1)N1CC(F)(F)C1. The molecule has 0 radical (unpaired) electrons. The van der Waals surface area contributed by atoms with Crippen LogP contribution in [0.2, 0.25) is 0 Å². The topological polar surface area (TPSA) is 51.0 Å². The monoisotopic (exact) mass is 460 g/mol. The molecular weight excluding hydrogens is 452 g/mol. The van der Waals surface area contributed by atoms with Crippen molar-refractivity contribution in [2.45, 2.75) is 18.3 Å². The van der Waals surface area contributed by atoms with Gasteiger partial charge in [-0.2, -0.15) is 26.3 Å². The lowest BCUT2D eigenvalue weighted by atomic mass is 10.0. The van der Waals surface area contributed by atoms with Gasteiger partial charge in [-0.15, -0.1) is 5.10 Å². The van der Waals surface area contributed by atoms with E-state index in [1.165, 1.54) is 0 Å². The molecule has 5 nitrogen and oxygen atoms in total. The Bertz CT molecular complexity index is 971. The number of rotatable bonds is 3. The lowest BCUT2D eigenvalue weighted by Gasteiger charge is -2.37. The van der Waals surface area contributed by atoms with Crippen molar-refractivity contribution in [2.75, 3.05) is 13.1 Å². The smallest absolute Gasteiger partial charge is 0.327 e. The largest absolute Gasteiger partial charge is 0.416 e. The number of likely N-dealkylation sites (tertiary alicyclic amines) is 1. The number of nitrogens with zero attached hydrogens (tertiary/aromatic N) is 4. The average molecular weight is 461 g/mol. The van der Waals surface area contributed by atoms with Crippen LogP contribution in [0.15, 0.2) is 30.6 Å². The minimum Gasteiger partial charge on any atom is -0.327 e. The zero-order valence-corrected chi connectivity index (χ0v) is 15.2. The summed E-state index contributed by atoms with van der Waals surface area (Å²) in [6.45, 7) is -1.61. The van der Waals surface area contributed by atoms with Crippen molar-refractivity contribution < 1.29 is 39.9 Å². The standard InChI is InChI=1S/C16H9ClF8N4O/c17-11(4-12(30)28-5-14(18,19)6-28)29-7-26-13(27-29)8-1-9(15(20,21)22)3-10(2-8)16(23,24)25/h1-4,7H,5-6H2/b11-4+. The van der Waals surface area contributed by atoms with Crippen molar-refractivity contribution in [1.29, 1.82) is 0 Å². The summed E-state index contributed by atoms with van der Waals surface area (Å²) >= 11 is 5.83. The number of amides is 1. The lowest BCUT2D eigenvalue weighted by molar-refractivity contribution is -0.160. The molecule has 1 aromatic heterocycles. The third-order valence-corrected chi connectivity index (χ3v) is 4.24. The summed E-state index contributed by atoms with van der Waals surface area (Å²) in [5.74, 6) is -4.40. The van der Waals surface area contributed by atoms with E-state index in [2.05, 4.69) is 10.1 Å². The first-order chi connectivity index (χ1) is 13.7. The summed E-state index contributed by atoms with van der Waals surface area (Å²) in [6, 6.07) is 0.814. The second kappa shape index (κ2) is 7.22. The predicted octanol–water partition coefficient (Wildman–Crippen LogP) is 4.50. The van der Waals surface area contributed by atoms with Gasteiger partial charge in [0.1, 0.15) is 11.5 Å². The van der Waals surface area contributed by atoms with E-state index in [-0.39, 0.29) is 6.07 Å². The fourth-order valence-electron chi connectivity index (χ4n) is 2.51. The molecule has 3 rings (SSSR count). The molecule has 162 valence electrons. The highest BCUT2D eigenvalue weighted by molar-refractivity contribution is 6.46. The van der Waals surface area contributed by atoms with E-state index in [9.17, 15) is 39.9 Å². The van der Waals surface area contributed by atoms with Crippen LogP contribution in [0.25, 0.3) is 16.5 Å². The van der Waals surface area contributed by atoms with Crippen LogP contribution < -0.4 is 0 Å². The van der Waals surface area contributed by atoms with Crippen LogP contribution in [0.5, 0.6) is 0 Å². The fraction of sp³-hybridized carbons (Fsp3) is 0.312. The minimum atomic E-state index is -5.05. The molecule has 0 atom stereocenters. The molecule has 1 saturated heterocycles. The highest BCUT2D eigenvalue weighted by Gasteiger charge is 2.45. The van der Waals surface area contributed by atoms with Crippen molar-refractivity contribution in [2.24, 2.45) is 0 Å². The molecule has 0 spiro atoms. The molecule has 1 aromatic carbocycles. The quantitative estimate of drug-likeness (QED) is 0.501. The van der Waals surface area contributed by atoms with E-state index in [1.807, 2.05) is 0 Å². The van der Waals surface area contributed by atoms with Gasteiger partial charge in [-0.3, -0.25) is 4.79 Å². The molecule has 0 aliphatic carbocycles. The Labute approximate surface area is 167 Å². The lowest BCUT2D eigenvalue weighted by Crippen LogP contribution is -2.58. The average Bonchev–Trinajstić information content (AvgIpc) is 3.08. The number of carbonyl (C=O) groups is 1. The van der Waals surface area contributed by atoms with Crippen molar-refractivity contribution in [3.05, 3.63) is 41.7 Å². The van der Waals surface area contributed by atoms with Crippen LogP contribution in [0.1, 0.15) is 11.1 Å². The van der Waals surface area contributed by atoms with E-state index in [0.29, 0.717) is 16.8 Å². The predicted molar refractivity (Wildman–Crippen MR) is 87.1 cm³/mol. The normalized spacial score (nSPS) is 17.1. The molecule has 1 aliphatic heterocycles. The minimum absolute atomic E-state index is 0.0467. The van der Waals surface area contributed by atoms with Gasteiger partial charge in [0.25, 0.3) is 5.92 Å². The van der Waals surface area contributed by atoms with Crippen molar-refractivity contribution >= 4 is 22.7 Å². The van der Waals surface area contributed by atoms with Gasteiger partial charge in [-0.1, -0.05) is 11.6 Å². The molecule has 0 unspecified atom stereocenters. The summed E-state index contributed by atoms with van der Waals surface area (Å²) in [7, 11) is 0. The highest BCUT2D eigenvalue weighted by Crippen LogP contribution is 2.38. The molecule has 0 bridgehead atoms. The first kappa shape index (κ1) is 22.0. The third-order valence-electron chi connectivity index (χ3n) is 3.96. The molecule has 14 heteroatoms. The molecule has 1 fully saturated rings. The van der Waals surface area contributed by atoms with Gasteiger partial charge in [0.2, 0.25) is 5.91 Å². The zero-order chi connectivity index (χ0) is 22.5. The van der Waals surface area contributed by atoms with Crippen LogP contribution in [0.3, 0.4) is 0 Å². The highest BCUT2D eigenvalue weighted by atomic mass is 35.5. The molecule has 2 heterocycles. The summed E-state index contributed by atoms with van der Waals surface area (Å²) in [5.41, 5.74) is -3.70. The van der Waals surface area contributed by atoms with Crippen molar-refractivity contribution in [3.63, 3.8) is 0 Å². The molecule has 30 heavy (non-hydrogen) atoms. The van der Waals surface area contributed by atoms with E-state index in [4.69, 9.17) is 11.6 Å². The molecule has 2 aromatic rings. The van der Waals surface area contributed by atoms with Crippen LogP contribution in [-0.4, -0.2) is 44.6 Å². The van der Waals surface area contributed by atoms with Crippen LogP contribution in [-0.2, 0) is 17.1 Å². The van der Waals surface area contributed by atoms with Crippen molar-refractivity contribution in [1.82, 2.24) is 19.7 Å². The number of hydrogen-bond acceptors (Lipinski definition) is 3. The third kappa shape index (κ3) is 4.71. The van der Waals surface area contributed by atoms with Gasteiger partial charge in [0.15, 0.2) is 5.82 Å². The molecule has 0 N–H and O–H groups in total. The number of benzene rings is 1. The van der Waals surface area contributed by atoms with E-state index < -0.39 is 64.9 Å². The van der Waals surface area contributed by atoms with Crippen LogP contribution >= 0.6 is 11.6 Å². The summed E-state index contributed by atoms with van der Waals surface area (Å²) in [5, 5.41) is 3.22. The molecule has 1 aliphatic rings. The summed E-state index contributed by atoms with van der Waals surface area (Å²) in [4.78, 5) is 16.2. The van der Waals surface area contributed by atoms with Crippen LogP contribution in [0, 0.1) is 0 Å². The number of hydrogen-bond donors (Lipinski definition) is 0. The molecular formula is C16H9ClF8N4O. The van der Waals surface area contributed by atoms with Gasteiger partial charge in [-0.25, -0.2) is 18.4 Å². The Morgan fingerprint density at radius 2 is 1.57 bits per heavy atom. The van der Waals surface area contributed by atoms with Gasteiger partial charge >= 0.3 is 12.4 Å². The zero-order valence-electron chi connectivity index (χ0n) is 14.4. The summed E-state index contributed by atoms with van der Waals surface area (Å²) < 4.78 is 104. The maximum Gasteiger partial charge on any atom is 0.416 e. The Kier molecular flexibility index (Phi) is 5.29. The Morgan fingerprint density at radius 1 is 1.03 bits per heavy atom. The first-order valence-electron chi connectivity index (χ1n) is 7.91. The summed E-state index contributed by atoms with van der Waals surface area (Å²) in [6.07, 6.45) is -8.54. The second-order valence-corrected chi connectivity index (χ2v) is 6.71. The van der Waals surface area contributed by atoms with Gasteiger partial charge in [-0.05, 0) is 18.2 Å². The Morgan fingerprint density at radius 3 is 2.03 bits per heavy atom. The van der Waals surface area contributed by atoms with Crippen molar-refractivity contribution in [3.8, 4) is 11.4 Å². The van der Waals surface area contributed by atoms with E-state index >= 15 is 0 Å². The number of halogens is 9. The Balaban J connectivity index is 1.90. The van der Waals surface area contributed by atoms with Crippen LogP contribution in [0.4, 0.5) is 35.1 Å². The van der Waals surface area contributed by atoms with E-state index in [0.717, 1.165) is 17.3 Å². The van der Waals surface area contributed by atoms with E-state index in [1.54, 1.807) is 0 Å². The first-order valence-corrected chi connectivity index (χ1v) is 8.29. The number of carbonyl (C=O) groups excluding carboxylic acids is 1. The maximum absolute atomic E-state index is 13.0. The number of alkyl halides is 8. The van der Waals surface area contributed by atoms with Gasteiger partial charge in [0, 0.05) is 11.6 Å². The molecule has 0 saturated carbocycles. The number of aromatic nitrogens is 3. The second-order valence-electron chi connectivity index (χ2n) is 6.32.